The summed E-state index contributed by atoms with van der Waals surface area (Å²) in [6.45, 7) is 2.29. The summed E-state index contributed by atoms with van der Waals surface area (Å²) in [6.07, 6.45) is 17.0. The highest BCUT2D eigenvalue weighted by atomic mass is 127. The number of unbranched alkanes of at least 4 members (excludes halogenated alkanes) is 6. The van der Waals surface area contributed by atoms with Gasteiger partial charge in [-0.1, -0.05) is 74.5 Å². The molecule has 0 spiro atoms. The Morgan fingerprint density at radius 3 is 2.56 bits per heavy atom. The van der Waals surface area contributed by atoms with Gasteiger partial charge in [-0.25, -0.2) is 0 Å². The summed E-state index contributed by atoms with van der Waals surface area (Å²) in [6, 6.07) is 0. The summed E-state index contributed by atoms with van der Waals surface area (Å²) < 4.78 is 1.30. The van der Waals surface area contributed by atoms with Crippen molar-refractivity contribution >= 4 is 22.6 Å². The molecule has 0 amide bonds. The highest BCUT2D eigenvalue weighted by Gasteiger charge is 2.34. The fourth-order valence-corrected chi connectivity index (χ4v) is 2.99. The molecule has 0 aromatic carbocycles. The molecule has 0 nitrogen and oxygen atoms in total. The number of rotatable bonds is 11. The summed E-state index contributed by atoms with van der Waals surface area (Å²) >= 11 is 2.47. The minimum absolute atomic E-state index is 1.08. The van der Waals surface area contributed by atoms with Gasteiger partial charge < -0.3 is 0 Å². The third-order valence-corrected chi connectivity index (χ3v) is 4.40. The Hall–Kier alpha value is 0.730. The lowest BCUT2D eigenvalue weighted by Gasteiger charge is -2.01. The van der Waals surface area contributed by atoms with Crippen molar-refractivity contribution in [2.45, 2.75) is 71.1 Å². The van der Waals surface area contributed by atoms with E-state index in [9.17, 15) is 0 Å². The quantitative estimate of drug-likeness (QED) is 0.255. The first-order chi connectivity index (χ1) is 7.88. The van der Waals surface area contributed by atoms with E-state index in [1.807, 2.05) is 0 Å². The van der Waals surface area contributed by atoms with Gasteiger partial charge in [0.25, 0.3) is 0 Å². The number of hydrogen-bond donors (Lipinski definition) is 0. The Morgan fingerprint density at radius 2 is 1.81 bits per heavy atom. The molecule has 95 valence electrons. The molecule has 2 atom stereocenters. The SMILES string of the molecule is CCCCCCCCC1CC1C[CH]CCI. The Balaban J connectivity index is 1.78. The van der Waals surface area contributed by atoms with Crippen LogP contribution in [0.4, 0.5) is 0 Å². The molecule has 1 aliphatic carbocycles. The fraction of sp³-hybridized carbons (Fsp3) is 0.933. The van der Waals surface area contributed by atoms with Crippen LogP contribution in [0.25, 0.3) is 0 Å². The van der Waals surface area contributed by atoms with Gasteiger partial charge in [0, 0.05) is 0 Å². The zero-order valence-electron chi connectivity index (χ0n) is 10.9. The molecule has 1 saturated carbocycles. The molecule has 1 fully saturated rings. The van der Waals surface area contributed by atoms with Crippen molar-refractivity contribution in [3.8, 4) is 0 Å². The average Bonchev–Trinajstić information content (AvgIpc) is 3.03. The molecule has 0 aromatic rings. The monoisotopic (exact) mass is 335 g/mol. The standard InChI is InChI=1S/C15H28I/c1-2-3-4-5-6-7-10-14-13-15(14)11-8-9-12-16/h8,14-15H,2-7,9-13H2,1H3. The Labute approximate surface area is 116 Å². The van der Waals surface area contributed by atoms with Crippen LogP contribution >= 0.6 is 22.6 Å². The Bertz CT molecular complexity index is 156. The minimum atomic E-state index is 1.08. The first kappa shape index (κ1) is 14.8. The van der Waals surface area contributed by atoms with Crippen molar-refractivity contribution in [1.82, 2.24) is 0 Å². The molecule has 1 radical (unpaired) electrons. The third kappa shape index (κ3) is 7.13. The van der Waals surface area contributed by atoms with Crippen molar-refractivity contribution in [2.24, 2.45) is 11.8 Å². The van der Waals surface area contributed by atoms with E-state index in [1.54, 1.807) is 0 Å². The molecule has 0 N–H and O–H groups in total. The van der Waals surface area contributed by atoms with Crippen LogP contribution in [0.15, 0.2) is 0 Å². The van der Waals surface area contributed by atoms with Crippen molar-refractivity contribution in [3.05, 3.63) is 6.42 Å². The van der Waals surface area contributed by atoms with Crippen LogP contribution in [0.3, 0.4) is 0 Å². The normalized spacial score (nSPS) is 23.6. The number of alkyl halides is 1. The van der Waals surface area contributed by atoms with Crippen LogP contribution in [0.1, 0.15) is 71.1 Å². The van der Waals surface area contributed by atoms with Crippen LogP contribution in [-0.2, 0) is 0 Å². The van der Waals surface area contributed by atoms with Gasteiger partial charge in [0.05, 0.1) is 0 Å². The van der Waals surface area contributed by atoms with Gasteiger partial charge in [-0.2, -0.15) is 0 Å². The summed E-state index contributed by atoms with van der Waals surface area (Å²) in [7, 11) is 0. The smallest absolute Gasteiger partial charge is 0.000199 e. The predicted octanol–water partition coefficient (Wildman–Crippen LogP) is 5.79. The largest absolute Gasteiger partial charge is 0.0864 e. The van der Waals surface area contributed by atoms with Gasteiger partial charge in [0.2, 0.25) is 0 Å². The second-order valence-electron chi connectivity index (χ2n) is 5.31. The Morgan fingerprint density at radius 1 is 1.06 bits per heavy atom. The molecule has 0 aromatic heterocycles. The van der Waals surface area contributed by atoms with E-state index < -0.39 is 0 Å². The van der Waals surface area contributed by atoms with E-state index in [1.165, 1.54) is 68.6 Å². The lowest BCUT2D eigenvalue weighted by Crippen LogP contribution is -1.87. The Kier molecular flexibility index (Phi) is 8.99. The number of halogens is 1. The second kappa shape index (κ2) is 9.73. The van der Waals surface area contributed by atoms with Gasteiger partial charge in [0.15, 0.2) is 0 Å². The van der Waals surface area contributed by atoms with Crippen LogP contribution in [0, 0.1) is 18.3 Å². The van der Waals surface area contributed by atoms with E-state index in [0.29, 0.717) is 0 Å². The van der Waals surface area contributed by atoms with Crippen molar-refractivity contribution < 1.29 is 0 Å². The van der Waals surface area contributed by atoms with E-state index in [4.69, 9.17) is 0 Å². The van der Waals surface area contributed by atoms with Crippen LogP contribution in [0.2, 0.25) is 0 Å². The molecular formula is C15H28I. The minimum Gasteiger partial charge on any atom is -0.0864 e. The predicted molar refractivity (Wildman–Crippen MR) is 82.0 cm³/mol. The van der Waals surface area contributed by atoms with Crippen molar-refractivity contribution in [3.63, 3.8) is 0 Å². The summed E-state index contributed by atoms with van der Waals surface area (Å²) in [4.78, 5) is 0. The molecule has 16 heavy (non-hydrogen) atoms. The van der Waals surface area contributed by atoms with Gasteiger partial charge in [0.1, 0.15) is 0 Å². The maximum absolute atomic E-state index is 2.51. The zero-order chi connectivity index (χ0) is 11.6. The fourth-order valence-electron chi connectivity index (χ4n) is 2.55. The lowest BCUT2D eigenvalue weighted by atomic mass is 10.1. The maximum atomic E-state index is 2.51. The summed E-state index contributed by atoms with van der Waals surface area (Å²) in [5, 5.41) is 0. The summed E-state index contributed by atoms with van der Waals surface area (Å²) in [5.41, 5.74) is 0. The second-order valence-corrected chi connectivity index (χ2v) is 6.39. The topological polar surface area (TPSA) is 0 Å². The highest BCUT2D eigenvalue weighted by molar-refractivity contribution is 14.1. The van der Waals surface area contributed by atoms with Crippen molar-refractivity contribution in [2.75, 3.05) is 4.43 Å². The van der Waals surface area contributed by atoms with Crippen LogP contribution in [0.5, 0.6) is 0 Å². The molecule has 1 heteroatoms. The molecule has 2 unspecified atom stereocenters. The molecule has 0 bridgehead atoms. The zero-order valence-corrected chi connectivity index (χ0v) is 13.0. The first-order valence-electron chi connectivity index (χ1n) is 7.26. The molecule has 0 heterocycles. The number of hydrogen-bond acceptors (Lipinski definition) is 0. The lowest BCUT2D eigenvalue weighted by molar-refractivity contribution is 0.545. The van der Waals surface area contributed by atoms with Gasteiger partial charge in [-0.15, -0.1) is 0 Å². The maximum Gasteiger partial charge on any atom is -0.000199 e. The highest BCUT2D eigenvalue weighted by Crippen LogP contribution is 2.45. The summed E-state index contributed by atoms with van der Waals surface area (Å²) in [5.74, 6) is 2.19. The van der Waals surface area contributed by atoms with E-state index in [2.05, 4.69) is 35.9 Å². The van der Waals surface area contributed by atoms with E-state index in [0.717, 1.165) is 11.8 Å². The van der Waals surface area contributed by atoms with Crippen molar-refractivity contribution in [1.29, 1.82) is 0 Å². The first-order valence-corrected chi connectivity index (χ1v) is 8.78. The van der Waals surface area contributed by atoms with Crippen LogP contribution < -0.4 is 0 Å². The molecular weight excluding hydrogens is 307 g/mol. The van der Waals surface area contributed by atoms with Gasteiger partial charge in [-0.3, -0.25) is 0 Å². The van der Waals surface area contributed by atoms with E-state index in [-0.39, 0.29) is 0 Å². The molecule has 0 aliphatic heterocycles. The average molecular weight is 335 g/mol. The van der Waals surface area contributed by atoms with Crippen LogP contribution in [-0.4, -0.2) is 4.43 Å². The third-order valence-electron chi connectivity index (χ3n) is 3.78. The molecule has 0 saturated heterocycles. The van der Waals surface area contributed by atoms with Gasteiger partial charge in [-0.05, 0) is 41.9 Å². The molecule has 1 rings (SSSR count). The molecule has 1 aliphatic rings. The van der Waals surface area contributed by atoms with E-state index >= 15 is 0 Å². The van der Waals surface area contributed by atoms with Gasteiger partial charge >= 0.3 is 0 Å².